The summed E-state index contributed by atoms with van der Waals surface area (Å²) in [6, 6.07) is 10.5. The molecule has 0 unspecified atom stereocenters. The number of hydrogen-bond donors (Lipinski definition) is 3. The highest BCUT2D eigenvalue weighted by Crippen LogP contribution is 2.33. The number of benzene rings is 2. The Bertz CT molecular complexity index is 734. The standard InChI is InChI=1S/C18H23N3O4/c1-23-9-8-20-18(22)12-4-6-15(14(19)10-12)21-16-7-5-13(24-2)11-17(16)25-3/h4-7,10-11,21H,8-9,19H2,1-3H3,(H,20,22). The first-order valence-electron chi connectivity index (χ1n) is 7.74. The summed E-state index contributed by atoms with van der Waals surface area (Å²) in [6.07, 6.45) is 0. The lowest BCUT2D eigenvalue weighted by Gasteiger charge is -2.14. The van der Waals surface area contributed by atoms with Crippen LogP contribution in [0, 0.1) is 0 Å². The van der Waals surface area contributed by atoms with E-state index in [0.29, 0.717) is 41.6 Å². The second-order valence-corrected chi connectivity index (χ2v) is 5.24. The van der Waals surface area contributed by atoms with Crippen LogP contribution in [-0.2, 0) is 4.74 Å². The van der Waals surface area contributed by atoms with Gasteiger partial charge in [-0.25, -0.2) is 0 Å². The third kappa shape index (κ3) is 4.77. The maximum atomic E-state index is 12.0. The Labute approximate surface area is 147 Å². The number of methoxy groups -OCH3 is 3. The molecule has 4 N–H and O–H groups in total. The number of rotatable bonds is 8. The van der Waals surface area contributed by atoms with Crippen molar-refractivity contribution >= 4 is 23.0 Å². The summed E-state index contributed by atoms with van der Waals surface area (Å²) in [5, 5.41) is 5.96. The SMILES string of the molecule is COCCNC(=O)c1ccc(Nc2ccc(OC)cc2OC)c(N)c1. The Kier molecular flexibility index (Phi) is 6.47. The molecule has 7 heteroatoms. The highest BCUT2D eigenvalue weighted by atomic mass is 16.5. The van der Waals surface area contributed by atoms with E-state index >= 15 is 0 Å². The molecule has 134 valence electrons. The highest BCUT2D eigenvalue weighted by molar-refractivity contribution is 5.96. The van der Waals surface area contributed by atoms with Gasteiger partial charge in [0.25, 0.3) is 5.91 Å². The Hall–Kier alpha value is -2.93. The lowest BCUT2D eigenvalue weighted by Crippen LogP contribution is -2.27. The molecule has 0 fully saturated rings. The van der Waals surface area contributed by atoms with Crippen LogP contribution < -0.4 is 25.8 Å². The Morgan fingerprint density at radius 3 is 2.44 bits per heavy atom. The monoisotopic (exact) mass is 345 g/mol. The summed E-state index contributed by atoms with van der Waals surface area (Å²) in [6.45, 7) is 0.899. The molecule has 0 radical (unpaired) electrons. The predicted molar refractivity (Wildman–Crippen MR) is 97.9 cm³/mol. The zero-order chi connectivity index (χ0) is 18.2. The molecule has 7 nitrogen and oxygen atoms in total. The molecule has 1 amide bonds. The van der Waals surface area contributed by atoms with E-state index in [1.165, 1.54) is 0 Å². The van der Waals surface area contributed by atoms with Gasteiger partial charge in [-0.05, 0) is 30.3 Å². The van der Waals surface area contributed by atoms with E-state index in [0.717, 1.165) is 5.69 Å². The summed E-state index contributed by atoms with van der Waals surface area (Å²) in [5.74, 6) is 1.12. The van der Waals surface area contributed by atoms with Gasteiger partial charge in [0.05, 0.1) is 37.9 Å². The van der Waals surface area contributed by atoms with Gasteiger partial charge in [0, 0.05) is 25.3 Å². The lowest BCUT2D eigenvalue weighted by atomic mass is 10.1. The molecule has 0 saturated heterocycles. The van der Waals surface area contributed by atoms with Crippen molar-refractivity contribution in [3.8, 4) is 11.5 Å². The van der Waals surface area contributed by atoms with Gasteiger partial charge in [0.2, 0.25) is 0 Å². The van der Waals surface area contributed by atoms with Crippen molar-refractivity contribution in [1.29, 1.82) is 0 Å². The van der Waals surface area contributed by atoms with E-state index in [1.807, 2.05) is 12.1 Å². The molecule has 0 spiro atoms. The molecule has 2 aromatic carbocycles. The van der Waals surface area contributed by atoms with Crippen LogP contribution in [-0.4, -0.2) is 40.4 Å². The minimum atomic E-state index is -0.197. The fourth-order valence-electron chi connectivity index (χ4n) is 2.23. The molecular formula is C18H23N3O4. The minimum absolute atomic E-state index is 0.197. The molecule has 0 aliphatic heterocycles. The van der Waals surface area contributed by atoms with Crippen LogP contribution in [0.1, 0.15) is 10.4 Å². The molecule has 0 aliphatic rings. The predicted octanol–water partition coefficient (Wildman–Crippen LogP) is 2.41. The fraction of sp³-hybridized carbons (Fsp3) is 0.278. The molecule has 2 aromatic rings. The summed E-state index contributed by atoms with van der Waals surface area (Å²) in [4.78, 5) is 12.0. The van der Waals surface area contributed by atoms with Crippen molar-refractivity contribution in [3.63, 3.8) is 0 Å². The molecule has 0 aliphatic carbocycles. The Balaban J connectivity index is 2.15. The van der Waals surface area contributed by atoms with Crippen LogP contribution >= 0.6 is 0 Å². The molecule has 0 heterocycles. The van der Waals surface area contributed by atoms with Gasteiger partial charge in [-0.1, -0.05) is 0 Å². The maximum Gasteiger partial charge on any atom is 0.251 e. The number of amides is 1. The maximum absolute atomic E-state index is 12.0. The van der Waals surface area contributed by atoms with Gasteiger partial charge in [0.15, 0.2) is 0 Å². The second-order valence-electron chi connectivity index (χ2n) is 5.24. The van der Waals surface area contributed by atoms with Gasteiger partial charge in [0.1, 0.15) is 11.5 Å². The van der Waals surface area contributed by atoms with Gasteiger partial charge in [-0.15, -0.1) is 0 Å². The van der Waals surface area contributed by atoms with E-state index in [2.05, 4.69) is 10.6 Å². The average molecular weight is 345 g/mol. The number of nitrogens with one attached hydrogen (secondary N) is 2. The Morgan fingerprint density at radius 2 is 1.80 bits per heavy atom. The first-order valence-corrected chi connectivity index (χ1v) is 7.74. The molecule has 0 aromatic heterocycles. The van der Waals surface area contributed by atoms with Crippen molar-refractivity contribution in [2.75, 3.05) is 45.5 Å². The molecule has 0 atom stereocenters. The van der Waals surface area contributed by atoms with E-state index in [9.17, 15) is 4.79 Å². The van der Waals surface area contributed by atoms with Gasteiger partial charge in [-0.2, -0.15) is 0 Å². The smallest absolute Gasteiger partial charge is 0.251 e. The number of nitrogens with two attached hydrogens (primary N) is 1. The van der Waals surface area contributed by atoms with Crippen LogP contribution in [0.15, 0.2) is 36.4 Å². The van der Waals surface area contributed by atoms with Crippen molar-refractivity contribution in [2.45, 2.75) is 0 Å². The zero-order valence-electron chi connectivity index (χ0n) is 14.6. The van der Waals surface area contributed by atoms with Crippen LogP contribution in [0.25, 0.3) is 0 Å². The van der Waals surface area contributed by atoms with Gasteiger partial charge >= 0.3 is 0 Å². The molecule has 0 bridgehead atoms. The van der Waals surface area contributed by atoms with Crippen molar-refractivity contribution in [3.05, 3.63) is 42.0 Å². The lowest BCUT2D eigenvalue weighted by molar-refractivity contribution is 0.0937. The second kappa shape index (κ2) is 8.79. The van der Waals surface area contributed by atoms with Crippen molar-refractivity contribution in [1.82, 2.24) is 5.32 Å². The van der Waals surface area contributed by atoms with Crippen LogP contribution in [0.3, 0.4) is 0 Å². The van der Waals surface area contributed by atoms with Gasteiger partial charge in [-0.3, -0.25) is 4.79 Å². The quantitative estimate of drug-likeness (QED) is 0.502. The number of hydrogen-bond acceptors (Lipinski definition) is 6. The molecule has 25 heavy (non-hydrogen) atoms. The Morgan fingerprint density at radius 1 is 1.04 bits per heavy atom. The highest BCUT2D eigenvalue weighted by Gasteiger charge is 2.10. The summed E-state index contributed by atoms with van der Waals surface area (Å²) in [5.41, 5.74) is 8.44. The summed E-state index contributed by atoms with van der Waals surface area (Å²) in [7, 11) is 4.76. The fourth-order valence-corrected chi connectivity index (χ4v) is 2.23. The number of carbonyl (C=O) groups excluding carboxylic acids is 1. The normalized spacial score (nSPS) is 10.2. The molecule has 2 rings (SSSR count). The number of ether oxygens (including phenoxy) is 3. The van der Waals surface area contributed by atoms with Crippen LogP contribution in [0.5, 0.6) is 11.5 Å². The van der Waals surface area contributed by atoms with Crippen molar-refractivity contribution < 1.29 is 19.0 Å². The average Bonchev–Trinajstić information content (AvgIpc) is 2.63. The van der Waals surface area contributed by atoms with Crippen LogP contribution in [0.2, 0.25) is 0 Å². The van der Waals surface area contributed by atoms with E-state index in [-0.39, 0.29) is 5.91 Å². The van der Waals surface area contributed by atoms with Crippen LogP contribution in [0.4, 0.5) is 17.1 Å². The number of nitrogen functional groups attached to an aromatic ring is 1. The first-order chi connectivity index (χ1) is 12.1. The van der Waals surface area contributed by atoms with Gasteiger partial charge < -0.3 is 30.6 Å². The largest absolute Gasteiger partial charge is 0.497 e. The first kappa shape index (κ1) is 18.4. The number of carbonyl (C=O) groups is 1. The molecule has 0 saturated carbocycles. The summed E-state index contributed by atoms with van der Waals surface area (Å²) < 4.78 is 15.4. The van der Waals surface area contributed by atoms with Crippen molar-refractivity contribution in [2.24, 2.45) is 0 Å². The van der Waals surface area contributed by atoms with E-state index in [1.54, 1.807) is 45.6 Å². The minimum Gasteiger partial charge on any atom is -0.497 e. The topological polar surface area (TPSA) is 94.8 Å². The van der Waals surface area contributed by atoms with E-state index < -0.39 is 0 Å². The summed E-state index contributed by atoms with van der Waals surface area (Å²) >= 11 is 0. The number of anilines is 3. The molecular weight excluding hydrogens is 322 g/mol. The third-order valence-electron chi connectivity index (χ3n) is 3.58. The zero-order valence-corrected chi connectivity index (χ0v) is 14.6. The third-order valence-corrected chi connectivity index (χ3v) is 3.58. The van der Waals surface area contributed by atoms with E-state index in [4.69, 9.17) is 19.9 Å².